The largest absolute Gasteiger partial charge is 0.480 e. The van der Waals surface area contributed by atoms with E-state index < -0.39 is 5.97 Å². The maximum absolute atomic E-state index is 10.4. The van der Waals surface area contributed by atoms with Crippen LogP contribution in [0.5, 0.6) is 0 Å². The molecule has 5 nitrogen and oxygen atoms in total. The standard InChI is InChI=1S/C10H13ClN2O3S/c11-8-6-17-10(12-8)13-3-1-7(2-4-13)16-5-9(14)15/h6-7H,1-5H2,(H,14,15). The van der Waals surface area contributed by atoms with Crippen molar-refractivity contribution in [2.24, 2.45) is 0 Å². The van der Waals surface area contributed by atoms with Crippen LogP contribution in [0.25, 0.3) is 0 Å². The second-order valence-electron chi connectivity index (χ2n) is 3.84. The summed E-state index contributed by atoms with van der Waals surface area (Å²) < 4.78 is 5.26. The van der Waals surface area contributed by atoms with Crippen LogP contribution >= 0.6 is 22.9 Å². The van der Waals surface area contributed by atoms with E-state index in [1.807, 2.05) is 5.38 Å². The van der Waals surface area contributed by atoms with E-state index >= 15 is 0 Å². The lowest BCUT2D eigenvalue weighted by Gasteiger charge is -2.31. The first-order valence-corrected chi connectivity index (χ1v) is 6.60. The highest BCUT2D eigenvalue weighted by Crippen LogP contribution is 2.26. The Bertz CT molecular complexity index is 391. The number of anilines is 1. The molecule has 1 fully saturated rings. The molecule has 1 aromatic heterocycles. The summed E-state index contributed by atoms with van der Waals surface area (Å²) in [6, 6.07) is 0. The van der Waals surface area contributed by atoms with Gasteiger partial charge in [-0.05, 0) is 12.8 Å². The molecule has 0 radical (unpaired) electrons. The molecule has 0 unspecified atom stereocenters. The zero-order chi connectivity index (χ0) is 12.3. The molecule has 2 heterocycles. The average molecular weight is 277 g/mol. The third-order valence-electron chi connectivity index (χ3n) is 2.62. The zero-order valence-corrected chi connectivity index (χ0v) is 10.7. The van der Waals surface area contributed by atoms with Crippen molar-refractivity contribution in [3.05, 3.63) is 10.5 Å². The fourth-order valence-electron chi connectivity index (χ4n) is 1.79. The molecule has 0 atom stereocenters. The number of rotatable bonds is 4. The van der Waals surface area contributed by atoms with Gasteiger partial charge in [-0.3, -0.25) is 0 Å². The molecule has 7 heteroatoms. The van der Waals surface area contributed by atoms with E-state index in [1.54, 1.807) is 0 Å². The van der Waals surface area contributed by atoms with E-state index in [4.69, 9.17) is 21.4 Å². The fourth-order valence-corrected chi connectivity index (χ4v) is 2.80. The smallest absolute Gasteiger partial charge is 0.329 e. The normalized spacial score (nSPS) is 17.4. The summed E-state index contributed by atoms with van der Waals surface area (Å²) in [5, 5.41) is 11.8. The molecule has 0 spiro atoms. The van der Waals surface area contributed by atoms with E-state index in [0.29, 0.717) is 5.15 Å². The summed E-state index contributed by atoms with van der Waals surface area (Å²) in [4.78, 5) is 16.7. The maximum Gasteiger partial charge on any atom is 0.329 e. The molecule has 1 saturated heterocycles. The van der Waals surface area contributed by atoms with Gasteiger partial charge < -0.3 is 14.7 Å². The Kier molecular flexibility index (Phi) is 4.20. The summed E-state index contributed by atoms with van der Waals surface area (Å²) in [6.45, 7) is 1.44. The summed E-state index contributed by atoms with van der Waals surface area (Å²) in [5.41, 5.74) is 0. The van der Waals surface area contributed by atoms with Crippen molar-refractivity contribution in [3.63, 3.8) is 0 Å². The van der Waals surface area contributed by atoms with E-state index in [0.717, 1.165) is 31.1 Å². The van der Waals surface area contributed by atoms with Crippen molar-refractivity contribution in [1.29, 1.82) is 0 Å². The molecule has 1 N–H and O–H groups in total. The van der Waals surface area contributed by atoms with Crippen LogP contribution in [0.3, 0.4) is 0 Å². The van der Waals surface area contributed by atoms with Crippen molar-refractivity contribution in [1.82, 2.24) is 4.98 Å². The van der Waals surface area contributed by atoms with Crippen molar-refractivity contribution in [2.45, 2.75) is 18.9 Å². The van der Waals surface area contributed by atoms with Gasteiger partial charge in [-0.2, -0.15) is 0 Å². The van der Waals surface area contributed by atoms with Crippen LogP contribution in [0, 0.1) is 0 Å². The molecule has 0 saturated carbocycles. The van der Waals surface area contributed by atoms with Crippen molar-refractivity contribution in [3.8, 4) is 0 Å². The van der Waals surface area contributed by atoms with Gasteiger partial charge in [0.25, 0.3) is 0 Å². The number of halogens is 1. The maximum atomic E-state index is 10.4. The molecular formula is C10H13ClN2O3S. The van der Waals surface area contributed by atoms with Gasteiger partial charge in [0.15, 0.2) is 5.13 Å². The number of carbonyl (C=O) groups is 1. The topological polar surface area (TPSA) is 62.7 Å². The van der Waals surface area contributed by atoms with Crippen molar-refractivity contribution >= 4 is 34.0 Å². The lowest BCUT2D eigenvalue weighted by atomic mass is 10.1. The number of nitrogens with zero attached hydrogens (tertiary/aromatic N) is 2. The minimum absolute atomic E-state index is 0.0396. The summed E-state index contributed by atoms with van der Waals surface area (Å²) in [7, 11) is 0. The fraction of sp³-hybridized carbons (Fsp3) is 0.600. The number of hydrogen-bond donors (Lipinski definition) is 1. The lowest BCUT2D eigenvalue weighted by molar-refractivity contribution is -0.144. The van der Waals surface area contributed by atoms with Gasteiger partial charge in [0.1, 0.15) is 11.8 Å². The number of aliphatic carboxylic acids is 1. The van der Waals surface area contributed by atoms with Crippen molar-refractivity contribution in [2.75, 3.05) is 24.6 Å². The first kappa shape index (κ1) is 12.6. The van der Waals surface area contributed by atoms with E-state index in [2.05, 4.69) is 9.88 Å². The van der Waals surface area contributed by atoms with Gasteiger partial charge in [0.2, 0.25) is 0 Å². The predicted molar refractivity (Wildman–Crippen MR) is 65.9 cm³/mol. The third-order valence-corrected chi connectivity index (χ3v) is 3.84. The molecule has 1 aliphatic heterocycles. The Hall–Kier alpha value is -0.850. The third kappa shape index (κ3) is 3.55. The number of thiazole rings is 1. The van der Waals surface area contributed by atoms with E-state index in [-0.39, 0.29) is 12.7 Å². The Morgan fingerprint density at radius 1 is 1.65 bits per heavy atom. The Balaban J connectivity index is 1.80. The average Bonchev–Trinajstić information content (AvgIpc) is 2.74. The molecule has 1 aromatic rings. The number of carboxylic acid groups (broad SMARTS) is 1. The molecule has 94 valence electrons. The molecule has 1 aliphatic rings. The summed E-state index contributed by atoms with van der Waals surface area (Å²) in [6.07, 6.45) is 1.69. The number of piperidine rings is 1. The van der Waals surface area contributed by atoms with Crippen LogP contribution in [0.15, 0.2) is 5.38 Å². The highest BCUT2D eigenvalue weighted by Gasteiger charge is 2.22. The van der Waals surface area contributed by atoms with Crippen LogP contribution in [0.4, 0.5) is 5.13 Å². The first-order valence-electron chi connectivity index (χ1n) is 5.34. The molecule has 17 heavy (non-hydrogen) atoms. The van der Waals surface area contributed by atoms with Crippen LogP contribution in [-0.2, 0) is 9.53 Å². The number of hydrogen-bond acceptors (Lipinski definition) is 5. The quantitative estimate of drug-likeness (QED) is 0.910. The Morgan fingerprint density at radius 2 is 2.35 bits per heavy atom. The summed E-state index contributed by atoms with van der Waals surface area (Å²) in [5.74, 6) is -0.917. The van der Waals surface area contributed by atoms with Gasteiger partial charge in [-0.1, -0.05) is 11.6 Å². The van der Waals surface area contributed by atoms with Gasteiger partial charge in [0.05, 0.1) is 6.10 Å². The first-order chi connectivity index (χ1) is 8.15. The molecule has 0 aromatic carbocycles. The van der Waals surface area contributed by atoms with Crippen LogP contribution in [-0.4, -0.2) is 41.9 Å². The molecule has 2 rings (SSSR count). The van der Waals surface area contributed by atoms with Crippen LogP contribution in [0.1, 0.15) is 12.8 Å². The summed E-state index contributed by atoms with van der Waals surface area (Å²) >= 11 is 7.30. The molecule has 0 bridgehead atoms. The van der Waals surface area contributed by atoms with Crippen LogP contribution < -0.4 is 4.90 Å². The second kappa shape index (κ2) is 5.66. The van der Waals surface area contributed by atoms with Gasteiger partial charge in [-0.25, -0.2) is 9.78 Å². The number of aromatic nitrogens is 1. The highest BCUT2D eigenvalue weighted by molar-refractivity contribution is 7.14. The van der Waals surface area contributed by atoms with Gasteiger partial charge in [0, 0.05) is 18.5 Å². The zero-order valence-electron chi connectivity index (χ0n) is 9.13. The minimum atomic E-state index is -0.917. The second-order valence-corrected chi connectivity index (χ2v) is 5.07. The van der Waals surface area contributed by atoms with Crippen LogP contribution in [0.2, 0.25) is 5.15 Å². The predicted octanol–water partition coefficient (Wildman–Crippen LogP) is 1.87. The SMILES string of the molecule is O=C(O)COC1CCN(c2nc(Cl)cs2)CC1. The monoisotopic (exact) mass is 276 g/mol. The lowest BCUT2D eigenvalue weighted by Crippen LogP contribution is -2.37. The highest BCUT2D eigenvalue weighted by atomic mass is 35.5. The van der Waals surface area contributed by atoms with E-state index in [1.165, 1.54) is 11.3 Å². The molecule has 0 aliphatic carbocycles. The Labute approximate surface area is 108 Å². The van der Waals surface area contributed by atoms with Gasteiger partial charge in [-0.15, -0.1) is 11.3 Å². The minimum Gasteiger partial charge on any atom is -0.480 e. The Morgan fingerprint density at radius 3 is 2.88 bits per heavy atom. The number of carboxylic acids is 1. The van der Waals surface area contributed by atoms with Gasteiger partial charge >= 0.3 is 5.97 Å². The van der Waals surface area contributed by atoms with Crippen molar-refractivity contribution < 1.29 is 14.6 Å². The molecular weight excluding hydrogens is 264 g/mol. The molecule has 0 amide bonds. The van der Waals surface area contributed by atoms with E-state index in [9.17, 15) is 4.79 Å². The number of ether oxygens (including phenoxy) is 1.